The lowest BCUT2D eigenvalue weighted by Crippen LogP contribution is -2.54. The molecule has 0 spiro atoms. The third-order valence-corrected chi connectivity index (χ3v) is 9.44. The minimum absolute atomic E-state index is 0. The standard InChI is InChI=1S/C24H44N4O.C2H6.CH4/c1-6-21-20-8-7-18-13-16(2)9-12-24(18,5)22(20)10-11-23(21,4)14-19(29)15-28(26)17(3)27-25;1-2;/h16,18,20-22H,6-15,25-26H2,1-5H3;1-2H3;1H4/b27-17-;;. The van der Waals surface area contributed by atoms with Crippen LogP contribution in [0.2, 0.25) is 0 Å². The monoisotopic (exact) mass is 450 g/mol. The summed E-state index contributed by atoms with van der Waals surface area (Å²) in [5, 5.41) is 4.99. The van der Waals surface area contributed by atoms with Gasteiger partial charge in [0.05, 0.1) is 6.54 Å². The van der Waals surface area contributed by atoms with Gasteiger partial charge in [0.25, 0.3) is 0 Å². The van der Waals surface area contributed by atoms with E-state index >= 15 is 0 Å². The van der Waals surface area contributed by atoms with E-state index in [1.54, 1.807) is 6.92 Å². The zero-order chi connectivity index (χ0) is 23.4. The number of carbonyl (C=O) groups is 1. The average molecular weight is 451 g/mol. The molecule has 188 valence electrons. The Morgan fingerprint density at radius 3 is 2.38 bits per heavy atom. The average Bonchev–Trinajstić information content (AvgIpc) is 2.74. The van der Waals surface area contributed by atoms with Crippen LogP contribution in [0.1, 0.15) is 114 Å². The van der Waals surface area contributed by atoms with E-state index in [1.165, 1.54) is 56.4 Å². The number of fused-ring (bicyclic) bond motifs is 3. The van der Waals surface area contributed by atoms with Crippen molar-refractivity contribution in [2.24, 2.45) is 57.2 Å². The van der Waals surface area contributed by atoms with Crippen LogP contribution in [0.15, 0.2) is 5.10 Å². The van der Waals surface area contributed by atoms with Gasteiger partial charge in [-0.1, -0.05) is 61.8 Å². The Morgan fingerprint density at radius 2 is 1.78 bits per heavy atom. The molecule has 3 aliphatic rings. The molecule has 0 aromatic heterocycles. The highest BCUT2D eigenvalue weighted by Gasteiger charge is 2.56. The van der Waals surface area contributed by atoms with Crippen molar-refractivity contribution in [3.8, 4) is 0 Å². The second-order valence-corrected chi connectivity index (χ2v) is 11.2. The number of nitrogens with zero attached hydrogens (tertiary/aromatic N) is 2. The summed E-state index contributed by atoms with van der Waals surface area (Å²) in [4.78, 5) is 12.9. The van der Waals surface area contributed by atoms with E-state index in [2.05, 4.69) is 32.8 Å². The molecule has 4 N–H and O–H groups in total. The lowest BCUT2D eigenvalue weighted by molar-refractivity contribution is -0.135. The highest BCUT2D eigenvalue weighted by molar-refractivity contribution is 5.87. The molecule has 7 unspecified atom stereocenters. The molecule has 0 amide bonds. The molecule has 3 fully saturated rings. The van der Waals surface area contributed by atoms with Crippen molar-refractivity contribution >= 4 is 11.6 Å². The molecule has 0 aromatic carbocycles. The highest BCUT2D eigenvalue weighted by Crippen LogP contribution is 2.64. The zero-order valence-electron chi connectivity index (χ0n) is 21.4. The van der Waals surface area contributed by atoms with E-state index in [9.17, 15) is 4.79 Å². The third kappa shape index (κ3) is 5.69. The quantitative estimate of drug-likeness (QED) is 0.220. The number of rotatable bonds is 5. The zero-order valence-corrected chi connectivity index (χ0v) is 21.4. The van der Waals surface area contributed by atoms with Crippen LogP contribution >= 0.6 is 0 Å². The lowest BCUT2D eigenvalue weighted by Gasteiger charge is -2.61. The first-order valence-electron chi connectivity index (χ1n) is 12.9. The first-order chi connectivity index (χ1) is 14.6. The number of amidine groups is 1. The van der Waals surface area contributed by atoms with Crippen LogP contribution in [0.25, 0.3) is 0 Å². The molecule has 5 nitrogen and oxygen atoms in total. The van der Waals surface area contributed by atoms with Gasteiger partial charge in [-0.2, -0.15) is 5.10 Å². The second-order valence-electron chi connectivity index (χ2n) is 11.2. The fourth-order valence-corrected chi connectivity index (χ4v) is 7.77. The molecule has 0 heterocycles. The van der Waals surface area contributed by atoms with Gasteiger partial charge in [-0.25, -0.2) is 5.84 Å². The first kappa shape index (κ1) is 28.9. The fraction of sp³-hybridized carbons (Fsp3) is 0.926. The Balaban J connectivity index is 0.00000166. The van der Waals surface area contributed by atoms with E-state index in [1.807, 2.05) is 13.8 Å². The van der Waals surface area contributed by atoms with E-state index < -0.39 is 0 Å². The van der Waals surface area contributed by atoms with E-state index in [0.29, 0.717) is 23.6 Å². The molecule has 0 bridgehead atoms. The van der Waals surface area contributed by atoms with Crippen LogP contribution in [0, 0.1) is 40.4 Å². The summed E-state index contributed by atoms with van der Waals surface area (Å²) in [6.07, 6.45) is 11.3. The number of nitrogens with two attached hydrogens (primary N) is 2. The van der Waals surface area contributed by atoms with Gasteiger partial charge in [0.2, 0.25) is 0 Å². The summed E-state index contributed by atoms with van der Waals surface area (Å²) in [6, 6.07) is 0. The Hall–Kier alpha value is -1.10. The summed E-state index contributed by atoms with van der Waals surface area (Å²) in [5.74, 6) is 16.0. The van der Waals surface area contributed by atoms with Gasteiger partial charge in [-0.3, -0.25) is 9.80 Å². The van der Waals surface area contributed by atoms with Crippen LogP contribution in [0.4, 0.5) is 0 Å². The number of ketones is 1. The minimum Gasteiger partial charge on any atom is -0.322 e. The van der Waals surface area contributed by atoms with Crippen LogP contribution in [0.5, 0.6) is 0 Å². The molecule has 0 radical (unpaired) electrons. The maximum Gasteiger partial charge on any atom is 0.154 e. The maximum atomic E-state index is 12.9. The number of hydrazine groups is 1. The summed E-state index contributed by atoms with van der Waals surface area (Å²) in [6.45, 7) is 15.7. The van der Waals surface area contributed by atoms with Gasteiger partial charge >= 0.3 is 0 Å². The molecule has 3 rings (SSSR count). The van der Waals surface area contributed by atoms with Crippen LogP contribution < -0.4 is 11.7 Å². The Kier molecular flexibility index (Phi) is 10.7. The molecule has 5 heteroatoms. The van der Waals surface area contributed by atoms with E-state index in [0.717, 1.165) is 23.7 Å². The molecule has 3 aliphatic carbocycles. The molecular formula is C27H54N4O. The number of hydrogen-bond donors (Lipinski definition) is 2. The molecule has 7 atom stereocenters. The molecule has 0 aromatic rings. The van der Waals surface area contributed by atoms with Crippen molar-refractivity contribution in [3.05, 3.63) is 0 Å². The van der Waals surface area contributed by atoms with E-state index in [-0.39, 0.29) is 25.2 Å². The number of hydrogen-bond acceptors (Lipinski definition) is 4. The van der Waals surface area contributed by atoms with Crippen molar-refractivity contribution in [3.63, 3.8) is 0 Å². The summed E-state index contributed by atoms with van der Waals surface area (Å²) in [7, 11) is 0. The van der Waals surface area contributed by atoms with Gasteiger partial charge in [0.1, 0.15) is 5.84 Å². The van der Waals surface area contributed by atoms with Crippen molar-refractivity contribution in [1.82, 2.24) is 5.01 Å². The Labute approximate surface area is 199 Å². The summed E-state index contributed by atoms with van der Waals surface area (Å²) >= 11 is 0. The van der Waals surface area contributed by atoms with Gasteiger partial charge < -0.3 is 5.84 Å². The second kappa shape index (κ2) is 11.9. The Morgan fingerprint density at radius 1 is 1.12 bits per heavy atom. The molecule has 0 saturated heterocycles. The smallest absolute Gasteiger partial charge is 0.154 e. The van der Waals surface area contributed by atoms with Crippen molar-refractivity contribution < 1.29 is 4.79 Å². The lowest BCUT2D eigenvalue weighted by atomic mass is 9.43. The molecule has 3 saturated carbocycles. The molecule has 32 heavy (non-hydrogen) atoms. The predicted octanol–water partition coefficient (Wildman–Crippen LogP) is 6.37. The normalized spacial score (nSPS) is 38.9. The number of carbonyl (C=O) groups excluding carboxylic acids is 1. The van der Waals surface area contributed by atoms with Crippen molar-refractivity contribution in [2.45, 2.75) is 114 Å². The Bertz CT molecular complexity index is 635. The SMILES string of the molecule is C.CC.CCC1C2CCC3CC(C)CCC3(C)C2CCC1(C)CC(=O)CN(N)/C(C)=N\N. The van der Waals surface area contributed by atoms with Crippen LogP contribution in [-0.4, -0.2) is 23.2 Å². The number of hydrazone groups is 1. The summed E-state index contributed by atoms with van der Waals surface area (Å²) in [5.41, 5.74) is 0.615. The van der Waals surface area contributed by atoms with Crippen molar-refractivity contribution in [1.29, 1.82) is 0 Å². The van der Waals surface area contributed by atoms with Crippen LogP contribution in [0.3, 0.4) is 0 Å². The molecular weight excluding hydrogens is 396 g/mol. The number of Topliss-reactive ketones (excluding diaryl/α,β-unsaturated/α-hetero) is 1. The largest absolute Gasteiger partial charge is 0.322 e. The topological polar surface area (TPSA) is 84.7 Å². The van der Waals surface area contributed by atoms with Crippen LogP contribution in [-0.2, 0) is 4.79 Å². The van der Waals surface area contributed by atoms with Gasteiger partial charge in [0, 0.05) is 6.42 Å². The summed E-state index contributed by atoms with van der Waals surface area (Å²) < 4.78 is 0. The van der Waals surface area contributed by atoms with Gasteiger partial charge in [-0.05, 0) is 85.9 Å². The fourth-order valence-electron chi connectivity index (χ4n) is 7.77. The predicted molar refractivity (Wildman–Crippen MR) is 138 cm³/mol. The van der Waals surface area contributed by atoms with Crippen molar-refractivity contribution in [2.75, 3.05) is 6.54 Å². The highest BCUT2D eigenvalue weighted by atomic mass is 16.1. The van der Waals surface area contributed by atoms with Gasteiger partial charge in [-0.15, -0.1) is 0 Å². The third-order valence-electron chi connectivity index (χ3n) is 9.44. The maximum absolute atomic E-state index is 12.9. The van der Waals surface area contributed by atoms with Gasteiger partial charge in [0.15, 0.2) is 5.78 Å². The first-order valence-corrected chi connectivity index (χ1v) is 12.9. The van der Waals surface area contributed by atoms with E-state index in [4.69, 9.17) is 11.7 Å². The molecule has 0 aliphatic heterocycles. The minimum atomic E-state index is 0.